The molecule has 1 aromatic heterocycles. The summed E-state index contributed by atoms with van der Waals surface area (Å²) >= 11 is 0. The van der Waals surface area contributed by atoms with Crippen molar-refractivity contribution in [3.8, 4) is 11.4 Å². The third-order valence-electron chi connectivity index (χ3n) is 2.58. The Kier molecular flexibility index (Phi) is 4.68. The second-order valence-corrected chi connectivity index (χ2v) is 5.90. The van der Waals surface area contributed by atoms with Crippen molar-refractivity contribution in [3.63, 3.8) is 0 Å². The molecule has 23 heavy (non-hydrogen) atoms. The summed E-state index contributed by atoms with van der Waals surface area (Å²) in [5, 5.41) is 16.3. The Bertz CT molecular complexity index is 705. The van der Waals surface area contributed by atoms with Gasteiger partial charge in [0.15, 0.2) is 0 Å². The number of urea groups is 1. The fraction of sp³-hybridized carbons (Fsp3) is 0.357. The molecule has 0 fully saturated rings. The number of imide groups is 1. The molecule has 2 rings (SSSR count). The van der Waals surface area contributed by atoms with Crippen LogP contribution >= 0.6 is 0 Å². The number of hydrogen-bond acceptors (Lipinski definition) is 5. The lowest BCUT2D eigenvalue weighted by Crippen LogP contribution is -2.49. The first-order valence-electron chi connectivity index (χ1n) is 6.89. The van der Waals surface area contributed by atoms with Gasteiger partial charge in [-0.2, -0.15) is 4.80 Å². The predicted molar refractivity (Wildman–Crippen MR) is 79.6 cm³/mol. The van der Waals surface area contributed by atoms with E-state index in [9.17, 15) is 14.0 Å². The van der Waals surface area contributed by atoms with Gasteiger partial charge in [0.05, 0.1) is 0 Å². The number of rotatable bonds is 3. The number of halogens is 1. The van der Waals surface area contributed by atoms with Crippen molar-refractivity contribution in [1.29, 1.82) is 0 Å². The van der Waals surface area contributed by atoms with Crippen LogP contribution in [-0.4, -0.2) is 37.7 Å². The van der Waals surface area contributed by atoms with Crippen LogP contribution in [0.1, 0.15) is 20.8 Å². The molecule has 0 saturated carbocycles. The van der Waals surface area contributed by atoms with E-state index in [1.165, 1.54) is 24.3 Å². The molecule has 0 bridgehead atoms. The maximum atomic E-state index is 12.9. The third kappa shape index (κ3) is 5.13. The molecule has 2 aromatic rings. The van der Waals surface area contributed by atoms with Crippen LogP contribution in [-0.2, 0) is 11.3 Å². The fourth-order valence-electron chi connectivity index (χ4n) is 1.69. The first-order valence-corrected chi connectivity index (χ1v) is 6.89. The zero-order chi connectivity index (χ0) is 17.0. The highest BCUT2D eigenvalue weighted by Crippen LogP contribution is 2.13. The number of carbonyl (C=O) groups is 2. The molecule has 8 nitrogen and oxygen atoms in total. The molecule has 0 aliphatic carbocycles. The van der Waals surface area contributed by atoms with E-state index in [1.807, 2.05) is 0 Å². The standard InChI is InChI=1S/C14H17FN6O2/c1-14(2,3)17-13(23)16-11(22)8-21-19-12(18-20-21)9-4-6-10(15)7-5-9/h4-7H,8H2,1-3H3,(H2,16,17,22,23). The molecule has 0 atom stereocenters. The molecule has 0 aliphatic rings. The molecule has 2 N–H and O–H groups in total. The lowest BCUT2D eigenvalue weighted by molar-refractivity contribution is -0.121. The molecular formula is C14H17FN6O2. The van der Waals surface area contributed by atoms with Crippen molar-refractivity contribution in [2.45, 2.75) is 32.9 Å². The van der Waals surface area contributed by atoms with E-state index in [0.717, 1.165) is 4.80 Å². The van der Waals surface area contributed by atoms with E-state index < -0.39 is 17.5 Å². The molecule has 0 saturated heterocycles. The predicted octanol–water partition coefficient (Wildman–Crippen LogP) is 1.10. The van der Waals surface area contributed by atoms with Crippen molar-refractivity contribution in [2.24, 2.45) is 0 Å². The summed E-state index contributed by atoms with van der Waals surface area (Å²) in [7, 11) is 0. The average Bonchev–Trinajstić information content (AvgIpc) is 2.85. The first kappa shape index (κ1) is 16.5. The highest BCUT2D eigenvalue weighted by Gasteiger charge is 2.16. The quantitative estimate of drug-likeness (QED) is 0.882. The van der Waals surface area contributed by atoms with Gasteiger partial charge in [0.1, 0.15) is 12.4 Å². The molecule has 0 radical (unpaired) electrons. The molecular weight excluding hydrogens is 303 g/mol. The summed E-state index contributed by atoms with van der Waals surface area (Å²) in [5.41, 5.74) is 0.120. The van der Waals surface area contributed by atoms with Gasteiger partial charge in [-0.15, -0.1) is 10.2 Å². The summed E-state index contributed by atoms with van der Waals surface area (Å²) in [6, 6.07) is 4.97. The van der Waals surface area contributed by atoms with Gasteiger partial charge in [-0.1, -0.05) is 0 Å². The molecule has 9 heteroatoms. The SMILES string of the molecule is CC(C)(C)NC(=O)NC(=O)Cn1nnc(-c2ccc(F)cc2)n1. The van der Waals surface area contributed by atoms with Crippen LogP contribution in [0.3, 0.4) is 0 Å². The Balaban J connectivity index is 1.95. The van der Waals surface area contributed by atoms with Crippen LogP contribution in [0.2, 0.25) is 0 Å². The van der Waals surface area contributed by atoms with Crippen LogP contribution in [0.25, 0.3) is 11.4 Å². The van der Waals surface area contributed by atoms with Crippen LogP contribution in [0, 0.1) is 5.82 Å². The number of aromatic nitrogens is 4. The van der Waals surface area contributed by atoms with Gasteiger partial charge in [-0.3, -0.25) is 10.1 Å². The zero-order valence-electron chi connectivity index (χ0n) is 13.0. The Morgan fingerprint density at radius 3 is 2.48 bits per heavy atom. The number of benzene rings is 1. The van der Waals surface area contributed by atoms with Crippen molar-refractivity contribution < 1.29 is 14.0 Å². The van der Waals surface area contributed by atoms with Gasteiger partial charge in [-0.25, -0.2) is 9.18 Å². The normalized spacial score (nSPS) is 11.1. The number of nitrogens with one attached hydrogen (secondary N) is 2. The minimum Gasteiger partial charge on any atom is -0.333 e. The largest absolute Gasteiger partial charge is 0.333 e. The Labute approximate surface area is 132 Å². The summed E-state index contributed by atoms with van der Waals surface area (Å²) in [6.07, 6.45) is 0. The smallest absolute Gasteiger partial charge is 0.321 e. The maximum absolute atomic E-state index is 12.9. The van der Waals surface area contributed by atoms with E-state index >= 15 is 0 Å². The Hall–Kier alpha value is -2.84. The van der Waals surface area contributed by atoms with Crippen LogP contribution in [0.15, 0.2) is 24.3 Å². The summed E-state index contributed by atoms with van der Waals surface area (Å²) in [6.45, 7) is 5.13. The summed E-state index contributed by atoms with van der Waals surface area (Å²) < 4.78 is 12.9. The minimum absolute atomic E-state index is 0.258. The summed E-state index contributed by atoms with van der Waals surface area (Å²) in [5.74, 6) is -0.683. The highest BCUT2D eigenvalue weighted by atomic mass is 19.1. The Morgan fingerprint density at radius 1 is 1.22 bits per heavy atom. The monoisotopic (exact) mass is 320 g/mol. The van der Waals surface area contributed by atoms with Crippen molar-refractivity contribution in [2.75, 3.05) is 0 Å². The Morgan fingerprint density at radius 2 is 1.87 bits per heavy atom. The fourth-order valence-corrected chi connectivity index (χ4v) is 1.69. The van der Waals surface area contributed by atoms with E-state index in [4.69, 9.17) is 0 Å². The molecule has 0 unspecified atom stereocenters. The van der Waals surface area contributed by atoms with Crippen LogP contribution < -0.4 is 10.6 Å². The molecule has 1 aromatic carbocycles. The van der Waals surface area contributed by atoms with Gasteiger partial charge >= 0.3 is 6.03 Å². The van der Waals surface area contributed by atoms with Gasteiger partial charge in [0.25, 0.3) is 5.91 Å². The second-order valence-electron chi connectivity index (χ2n) is 5.90. The van der Waals surface area contributed by atoms with Crippen LogP contribution in [0.4, 0.5) is 9.18 Å². The van der Waals surface area contributed by atoms with Crippen molar-refractivity contribution >= 4 is 11.9 Å². The van der Waals surface area contributed by atoms with Gasteiger partial charge in [0, 0.05) is 11.1 Å². The topological polar surface area (TPSA) is 102 Å². The lowest BCUT2D eigenvalue weighted by atomic mass is 10.1. The summed E-state index contributed by atoms with van der Waals surface area (Å²) in [4.78, 5) is 24.4. The molecule has 0 aliphatic heterocycles. The lowest BCUT2D eigenvalue weighted by Gasteiger charge is -2.20. The number of amides is 3. The first-order chi connectivity index (χ1) is 10.7. The van der Waals surface area contributed by atoms with Crippen LogP contribution in [0.5, 0.6) is 0 Å². The zero-order valence-corrected chi connectivity index (χ0v) is 13.0. The molecule has 1 heterocycles. The van der Waals surface area contributed by atoms with E-state index in [0.29, 0.717) is 5.56 Å². The molecule has 122 valence electrons. The molecule has 0 spiro atoms. The van der Waals surface area contributed by atoms with E-state index in [-0.39, 0.29) is 18.2 Å². The highest BCUT2D eigenvalue weighted by molar-refractivity contribution is 5.94. The average molecular weight is 320 g/mol. The maximum Gasteiger partial charge on any atom is 0.321 e. The second kappa shape index (κ2) is 6.51. The van der Waals surface area contributed by atoms with Crippen molar-refractivity contribution in [3.05, 3.63) is 30.1 Å². The number of carbonyl (C=O) groups excluding carboxylic acids is 2. The molecule has 3 amide bonds. The minimum atomic E-state index is -0.596. The number of hydrogen-bond donors (Lipinski definition) is 2. The van der Waals surface area contributed by atoms with Crippen molar-refractivity contribution in [1.82, 2.24) is 30.8 Å². The van der Waals surface area contributed by atoms with Gasteiger partial charge < -0.3 is 5.32 Å². The van der Waals surface area contributed by atoms with E-state index in [1.54, 1.807) is 20.8 Å². The van der Waals surface area contributed by atoms with E-state index in [2.05, 4.69) is 26.0 Å². The number of tetrazole rings is 1. The van der Waals surface area contributed by atoms with Gasteiger partial charge in [-0.05, 0) is 50.3 Å². The van der Waals surface area contributed by atoms with Gasteiger partial charge in [0.2, 0.25) is 5.82 Å². The number of nitrogens with zero attached hydrogens (tertiary/aromatic N) is 4. The third-order valence-corrected chi connectivity index (χ3v) is 2.58.